The predicted octanol–water partition coefficient (Wildman–Crippen LogP) is 2.45. The summed E-state index contributed by atoms with van der Waals surface area (Å²) in [6.07, 6.45) is 0.577. The Kier molecular flexibility index (Phi) is 5.65. The number of ether oxygens (including phenoxy) is 1. The van der Waals surface area contributed by atoms with E-state index in [-0.39, 0.29) is 6.04 Å². The monoisotopic (exact) mass is 216 g/mol. The fourth-order valence-electron chi connectivity index (χ4n) is 1.25. The van der Waals surface area contributed by atoms with E-state index in [2.05, 4.69) is 24.7 Å². The molecule has 0 heterocycles. The van der Waals surface area contributed by atoms with E-state index in [9.17, 15) is 4.79 Å². The van der Waals surface area contributed by atoms with Gasteiger partial charge in [-0.3, -0.25) is 5.43 Å². The molecule has 4 heteroatoms. The molecule has 0 aliphatic heterocycles. The fraction of sp³-hybridized carbons (Fsp3) is 0.909. The minimum atomic E-state index is -0.451. The predicted molar refractivity (Wildman–Crippen MR) is 61.4 cm³/mol. The Morgan fingerprint density at radius 1 is 1.27 bits per heavy atom. The molecule has 0 bridgehead atoms. The second kappa shape index (κ2) is 5.95. The Hall–Kier alpha value is -0.770. The zero-order chi connectivity index (χ0) is 12.1. The fourth-order valence-corrected chi connectivity index (χ4v) is 1.25. The van der Waals surface area contributed by atoms with E-state index in [4.69, 9.17) is 4.74 Å². The van der Waals surface area contributed by atoms with Crippen molar-refractivity contribution < 1.29 is 9.53 Å². The number of hydrazine groups is 1. The third kappa shape index (κ3) is 9.53. The van der Waals surface area contributed by atoms with Crippen molar-refractivity contribution in [2.24, 2.45) is 5.92 Å². The number of hydrogen-bond donors (Lipinski definition) is 2. The lowest BCUT2D eigenvalue weighted by Crippen LogP contribution is -2.45. The highest BCUT2D eigenvalue weighted by atomic mass is 16.6. The highest BCUT2D eigenvalue weighted by molar-refractivity contribution is 5.66. The smallest absolute Gasteiger partial charge is 0.422 e. The van der Waals surface area contributed by atoms with Gasteiger partial charge in [-0.15, -0.1) is 0 Å². The lowest BCUT2D eigenvalue weighted by atomic mass is 10.1. The standard InChI is InChI=1S/C11H24N2O2/c1-8(2)7-9(3)12-13-10(14)15-11(4,5)6/h8-9,12H,7H2,1-6H3,(H,13,14). The molecule has 0 radical (unpaired) electrons. The van der Waals surface area contributed by atoms with Gasteiger partial charge in [-0.2, -0.15) is 0 Å². The Labute approximate surface area is 92.7 Å². The van der Waals surface area contributed by atoms with Gasteiger partial charge in [0.25, 0.3) is 0 Å². The quantitative estimate of drug-likeness (QED) is 0.710. The van der Waals surface area contributed by atoms with E-state index >= 15 is 0 Å². The van der Waals surface area contributed by atoms with Crippen molar-refractivity contribution in [1.82, 2.24) is 10.9 Å². The molecular weight excluding hydrogens is 192 g/mol. The number of carbonyl (C=O) groups excluding carboxylic acids is 1. The first kappa shape index (κ1) is 14.2. The maximum atomic E-state index is 11.3. The molecular formula is C11H24N2O2. The molecule has 90 valence electrons. The molecule has 0 aromatic heterocycles. The van der Waals surface area contributed by atoms with Crippen LogP contribution in [-0.2, 0) is 4.74 Å². The summed E-state index contributed by atoms with van der Waals surface area (Å²) in [7, 11) is 0. The van der Waals surface area contributed by atoms with Gasteiger partial charge in [-0.25, -0.2) is 10.2 Å². The van der Waals surface area contributed by atoms with Gasteiger partial charge in [0.15, 0.2) is 0 Å². The normalized spacial score (nSPS) is 13.8. The average molecular weight is 216 g/mol. The lowest BCUT2D eigenvalue weighted by Gasteiger charge is -2.21. The van der Waals surface area contributed by atoms with Gasteiger partial charge < -0.3 is 4.74 Å². The maximum Gasteiger partial charge on any atom is 0.422 e. The number of carbonyl (C=O) groups is 1. The third-order valence-electron chi connectivity index (χ3n) is 1.64. The second-order valence-electron chi connectivity index (χ2n) is 5.30. The molecule has 1 amide bonds. The molecule has 0 fully saturated rings. The van der Waals surface area contributed by atoms with Crippen LogP contribution in [0.3, 0.4) is 0 Å². The van der Waals surface area contributed by atoms with Gasteiger partial charge >= 0.3 is 6.09 Å². The molecule has 0 aromatic carbocycles. The molecule has 0 aromatic rings. The van der Waals surface area contributed by atoms with E-state index in [1.54, 1.807) is 0 Å². The minimum absolute atomic E-state index is 0.248. The second-order valence-corrected chi connectivity index (χ2v) is 5.30. The van der Waals surface area contributed by atoms with Gasteiger partial charge in [-0.05, 0) is 40.0 Å². The molecule has 0 rings (SSSR count). The summed E-state index contributed by atoms with van der Waals surface area (Å²) in [5.74, 6) is 0.605. The van der Waals surface area contributed by atoms with E-state index < -0.39 is 11.7 Å². The maximum absolute atomic E-state index is 11.3. The van der Waals surface area contributed by atoms with Crippen LogP contribution in [0.1, 0.15) is 48.0 Å². The van der Waals surface area contributed by atoms with Crippen LogP contribution in [0.25, 0.3) is 0 Å². The van der Waals surface area contributed by atoms with Gasteiger partial charge in [0.2, 0.25) is 0 Å². The van der Waals surface area contributed by atoms with Crippen LogP contribution in [-0.4, -0.2) is 17.7 Å². The summed E-state index contributed by atoms with van der Waals surface area (Å²) >= 11 is 0. The first-order valence-electron chi connectivity index (χ1n) is 5.45. The van der Waals surface area contributed by atoms with E-state index in [0.717, 1.165) is 6.42 Å². The summed E-state index contributed by atoms with van der Waals surface area (Å²) in [6, 6.07) is 0.248. The Bertz CT molecular complexity index is 197. The number of nitrogens with one attached hydrogen (secondary N) is 2. The van der Waals surface area contributed by atoms with Gasteiger partial charge in [0.05, 0.1) is 0 Å². The Morgan fingerprint density at radius 3 is 2.20 bits per heavy atom. The highest BCUT2D eigenvalue weighted by Crippen LogP contribution is 2.06. The molecule has 1 unspecified atom stereocenters. The Morgan fingerprint density at radius 2 is 1.80 bits per heavy atom. The number of hydrogen-bond acceptors (Lipinski definition) is 3. The molecule has 0 saturated carbocycles. The summed E-state index contributed by atoms with van der Waals surface area (Å²) in [5, 5.41) is 0. The Balaban J connectivity index is 3.72. The van der Waals surface area contributed by atoms with Crippen LogP contribution in [0.2, 0.25) is 0 Å². The van der Waals surface area contributed by atoms with Crippen molar-refractivity contribution in [1.29, 1.82) is 0 Å². The van der Waals surface area contributed by atoms with Crippen LogP contribution in [0.15, 0.2) is 0 Å². The summed E-state index contributed by atoms with van der Waals surface area (Å²) in [4.78, 5) is 11.3. The van der Waals surface area contributed by atoms with Crippen LogP contribution in [0.5, 0.6) is 0 Å². The molecule has 0 aliphatic carbocycles. The molecule has 15 heavy (non-hydrogen) atoms. The zero-order valence-corrected chi connectivity index (χ0v) is 10.7. The minimum Gasteiger partial charge on any atom is -0.443 e. The molecule has 0 saturated heterocycles. The van der Waals surface area contributed by atoms with Crippen LogP contribution >= 0.6 is 0 Å². The van der Waals surface area contributed by atoms with Crippen LogP contribution in [0, 0.1) is 5.92 Å². The summed E-state index contributed by atoms with van der Waals surface area (Å²) in [5.41, 5.74) is 4.99. The van der Waals surface area contributed by atoms with Crippen molar-refractivity contribution in [3.8, 4) is 0 Å². The van der Waals surface area contributed by atoms with Crippen molar-refractivity contribution in [3.05, 3.63) is 0 Å². The highest BCUT2D eigenvalue weighted by Gasteiger charge is 2.16. The van der Waals surface area contributed by atoms with Gasteiger partial charge in [0.1, 0.15) is 5.60 Å². The summed E-state index contributed by atoms with van der Waals surface area (Å²) in [6.45, 7) is 11.8. The lowest BCUT2D eigenvalue weighted by molar-refractivity contribution is 0.0487. The van der Waals surface area contributed by atoms with E-state index in [0.29, 0.717) is 5.92 Å². The first-order valence-corrected chi connectivity index (χ1v) is 5.45. The SMILES string of the molecule is CC(C)CC(C)NNC(=O)OC(C)(C)C. The van der Waals surface area contributed by atoms with Crippen LogP contribution in [0.4, 0.5) is 4.79 Å². The number of amides is 1. The van der Waals surface area contributed by atoms with Crippen molar-refractivity contribution >= 4 is 6.09 Å². The van der Waals surface area contributed by atoms with Crippen molar-refractivity contribution in [3.63, 3.8) is 0 Å². The zero-order valence-electron chi connectivity index (χ0n) is 10.7. The topological polar surface area (TPSA) is 50.4 Å². The number of rotatable bonds is 4. The summed E-state index contributed by atoms with van der Waals surface area (Å²) < 4.78 is 5.08. The first-order chi connectivity index (χ1) is 6.70. The largest absolute Gasteiger partial charge is 0.443 e. The molecule has 0 aliphatic rings. The molecule has 0 spiro atoms. The van der Waals surface area contributed by atoms with Gasteiger partial charge in [-0.1, -0.05) is 13.8 Å². The molecule has 4 nitrogen and oxygen atoms in total. The van der Waals surface area contributed by atoms with Crippen molar-refractivity contribution in [2.45, 2.75) is 59.6 Å². The van der Waals surface area contributed by atoms with Crippen molar-refractivity contribution in [2.75, 3.05) is 0 Å². The van der Waals surface area contributed by atoms with Gasteiger partial charge in [0, 0.05) is 6.04 Å². The molecule has 2 N–H and O–H groups in total. The van der Waals surface area contributed by atoms with Crippen LogP contribution < -0.4 is 10.9 Å². The van der Waals surface area contributed by atoms with E-state index in [1.807, 2.05) is 27.7 Å². The molecule has 1 atom stereocenters. The van der Waals surface area contributed by atoms with E-state index in [1.165, 1.54) is 0 Å². The third-order valence-corrected chi connectivity index (χ3v) is 1.64. The average Bonchev–Trinajstić information content (AvgIpc) is 1.96.